The highest BCUT2D eigenvalue weighted by molar-refractivity contribution is 4.11. The molecule has 0 heterocycles. The monoisotopic (exact) mass is 68.1 g/mol. The Labute approximate surface area is 34.1 Å². The molecule has 0 aliphatic carbocycles. The fourth-order valence-electron chi connectivity index (χ4n) is 0. The van der Waals surface area contributed by atoms with Crippen molar-refractivity contribution in [1.29, 1.82) is 0 Å². The summed E-state index contributed by atoms with van der Waals surface area (Å²) in [4.78, 5) is 0. The summed E-state index contributed by atoms with van der Waals surface area (Å²) in [5.74, 6) is 0. The minimum Gasteiger partial charge on any atom is -0.251 e. The van der Waals surface area contributed by atoms with Gasteiger partial charge in [-0.25, -0.2) is 0 Å². The molecule has 4 heavy (non-hydrogen) atoms. The van der Waals surface area contributed by atoms with Gasteiger partial charge in [0.25, 0.3) is 0 Å². The van der Waals surface area contributed by atoms with E-state index in [0.717, 1.165) is 0 Å². The quantitative estimate of drug-likeness (QED) is 0.435. The maximum absolute atomic E-state index is 11.9. The molecule has 0 aromatic rings. The van der Waals surface area contributed by atoms with E-state index in [1.807, 2.05) is 0 Å². The first-order valence-electron chi connectivity index (χ1n) is 3.83. The zero-order valence-electron chi connectivity index (χ0n) is 7.96. The van der Waals surface area contributed by atoms with Gasteiger partial charge in [0, 0.05) is 6.85 Å². The van der Waals surface area contributed by atoms with Crippen molar-refractivity contribution < 1.29 is 12.6 Å². The largest absolute Gasteiger partial charge is 0.251 e. The summed E-state index contributed by atoms with van der Waals surface area (Å²) in [5.41, 5.74) is 0. The van der Waals surface area contributed by atoms with Crippen LogP contribution in [-0.2, 0) is 0 Å². The molecule has 0 aromatic heterocycles. The van der Waals surface area contributed by atoms with E-state index in [-0.39, 0.29) is 0 Å². The van der Waals surface area contributed by atoms with E-state index in [1.54, 1.807) is 0 Å². The first kappa shape index (κ1) is 0.423. The molecule has 1 heteroatoms. The Hall–Kier alpha value is -0.0700. The molecule has 1 unspecified atom stereocenters. The predicted octanol–water partition coefficient (Wildman–Crippen LogP) is 1.37. The van der Waals surface area contributed by atoms with Gasteiger partial charge in [-0.2, -0.15) is 0 Å². The maximum atomic E-state index is 11.9. The Balaban J connectivity index is 4.40. The minimum atomic E-state index is -3.06. The lowest BCUT2D eigenvalue weighted by atomic mass is 10.6. The van der Waals surface area contributed by atoms with Crippen LogP contribution in [0.25, 0.3) is 0 Å². The summed E-state index contributed by atoms with van der Waals surface area (Å²) in [7, 11) is 0. The predicted molar refractivity (Wildman–Crippen MR) is 16.3 cm³/mol. The molecular formula is C3H7F. The van der Waals surface area contributed by atoms with Crippen LogP contribution in [0.15, 0.2) is 0 Å². The fraction of sp³-hybridized carbons (Fsp3) is 1.00. The molecule has 0 fully saturated rings. The molecule has 0 spiro atoms. The molecule has 0 saturated heterocycles. The molecule has 0 N–H and O–H groups in total. The smallest absolute Gasteiger partial charge is 0.0891 e. The van der Waals surface area contributed by atoms with Crippen molar-refractivity contribution in [1.82, 2.24) is 0 Å². The van der Waals surface area contributed by atoms with Gasteiger partial charge in [0.15, 0.2) is 0 Å². The second kappa shape index (κ2) is 2.93. The summed E-state index contributed by atoms with van der Waals surface area (Å²) in [6, 6.07) is 0. The Bertz CT molecular complexity index is 115. The minimum absolute atomic E-state index is 2.72. The Morgan fingerprint density at radius 3 is 3.25 bits per heavy atom. The van der Waals surface area contributed by atoms with Crippen LogP contribution in [0.2, 0.25) is 0 Å². The Kier molecular flexibility index (Phi) is 0.310. The van der Waals surface area contributed by atoms with E-state index < -0.39 is 19.9 Å². The van der Waals surface area contributed by atoms with Crippen LogP contribution in [-0.4, -0.2) is 6.65 Å². The third kappa shape index (κ3) is 1.93. The SMILES string of the molecule is [2H]C(F)C([2H])([2H])C([2H])([2H])[2H]. The molecule has 0 aliphatic heterocycles. The molecule has 0 amide bonds. The van der Waals surface area contributed by atoms with Gasteiger partial charge in [-0.15, -0.1) is 0 Å². The van der Waals surface area contributed by atoms with E-state index in [4.69, 9.17) is 8.22 Å². The van der Waals surface area contributed by atoms with Crippen LogP contribution in [0.3, 0.4) is 0 Å². The molecule has 0 nitrogen and oxygen atoms in total. The van der Waals surface area contributed by atoms with E-state index in [0.29, 0.717) is 0 Å². The van der Waals surface area contributed by atoms with Crippen molar-refractivity contribution in [3.05, 3.63) is 0 Å². The second-order valence-corrected chi connectivity index (χ2v) is 0.253. The average molecular weight is 68.1 g/mol. The zero-order chi connectivity index (χ0) is 8.58. The van der Waals surface area contributed by atoms with Crippen LogP contribution in [0.4, 0.5) is 4.39 Å². The van der Waals surface area contributed by atoms with E-state index in [1.165, 1.54) is 0 Å². The number of halogens is 1. The summed E-state index contributed by atoms with van der Waals surface area (Å²) in [6.07, 6.45) is -3.06. The highest BCUT2D eigenvalue weighted by Gasteiger charge is 1.60. The molecule has 0 saturated carbocycles. The number of hydrogen-bond donors (Lipinski definition) is 0. The topological polar surface area (TPSA) is 0 Å². The highest BCUT2D eigenvalue weighted by Crippen LogP contribution is 1.69. The third-order valence-electron chi connectivity index (χ3n) is 0.0546. The summed E-state index contributed by atoms with van der Waals surface area (Å²) in [6.45, 7) is -5.78. The lowest BCUT2D eigenvalue weighted by Crippen LogP contribution is -1.58. The lowest BCUT2D eigenvalue weighted by Gasteiger charge is -1.64. The van der Waals surface area contributed by atoms with Crippen LogP contribution < -0.4 is 0 Å². The van der Waals surface area contributed by atoms with Crippen LogP contribution in [0, 0.1) is 0 Å². The molecular weight excluding hydrogens is 55.0 g/mol. The van der Waals surface area contributed by atoms with Crippen LogP contribution >= 0.6 is 0 Å². The average Bonchev–Trinajstić information content (AvgIpc) is 1.62. The van der Waals surface area contributed by atoms with Crippen molar-refractivity contribution in [2.75, 3.05) is 6.65 Å². The van der Waals surface area contributed by atoms with Gasteiger partial charge >= 0.3 is 0 Å². The van der Waals surface area contributed by atoms with Gasteiger partial charge in [-0.05, 0) is 6.37 Å². The summed E-state index contributed by atoms with van der Waals surface area (Å²) < 4.78 is 50.7. The van der Waals surface area contributed by atoms with Gasteiger partial charge in [0.05, 0.1) is 8.02 Å². The number of hydrogen-bond acceptors (Lipinski definition) is 0. The summed E-state index contributed by atoms with van der Waals surface area (Å²) in [5, 5.41) is 0. The van der Waals surface area contributed by atoms with E-state index >= 15 is 0 Å². The molecule has 0 bridgehead atoms. The standard InChI is InChI=1S/C3H7F/c1-2-3-4/h2-3H2,1H3/i1D3,2D2,3D. The molecule has 0 rings (SSSR count). The number of rotatable bonds is 1. The third-order valence-corrected chi connectivity index (χ3v) is 0.0546. The molecule has 1 atom stereocenters. The van der Waals surface area contributed by atoms with Crippen LogP contribution in [0.1, 0.15) is 21.4 Å². The van der Waals surface area contributed by atoms with Gasteiger partial charge in [-0.1, -0.05) is 6.85 Å². The highest BCUT2D eigenvalue weighted by atomic mass is 19.1. The van der Waals surface area contributed by atoms with Gasteiger partial charge in [-0.3, -0.25) is 4.39 Å². The molecule has 0 aliphatic rings. The lowest BCUT2D eigenvalue weighted by molar-refractivity contribution is 0.487. The van der Waals surface area contributed by atoms with Gasteiger partial charge in [0.2, 0.25) is 0 Å². The van der Waals surface area contributed by atoms with Gasteiger partial charge in [0.1, 0.15) is 0 Å². The maximum Gasteiger partial charge on any atom is 0.0891 e. The van der Waals surface area contributed by atoms with Crippen molar-refractivity contribution >= 4 is 0 Å². The van der Waals surface area contributed by atoms with E-state index in [9.17, 15) is 4.39 Å². The van der Waals surface area contributed by atoms with Crippen molar-refractivity contribution in [3.63, 3.8) is 0 Å². The first-order chi connectivity index (χ1) is 4.19. The van der Waals surface area contributed by atoms with Gasteiger partial charge < -0.3 is 0 Å². The normalized spacial score (nSPS) is 44.2. The number of alkyl halides is 1. The summed E-state index contributed by atoms with van der Waals surface area (Å²) >= 11 is 0. The molecule has 0 radical (unpaired) electrons. The zero-order valence-corrected chi connectivity index (χ0v) is 1.96. The Morgan fingerprint density at radius 1 is 2.50 bits per heavy atom. The van der Waals surface area contributed by atoms with E-state index in [2.05, 4.69) is 0 Å². The van der Waals surface area contributed by atoms with Crippen LogP contribution in [0.5, 0.6) is 0 Å². The second-order valence-electron chi connectivity index (χ2n) is 0.253. The molecule has 0 aromatic carbocycles. The molecule has 26 valence electrons. The Morgan fingerprint density at radius 2 is 3.25 bits per heavy atom. The fourth-order valence-corrected chi connectivity index (χ4v) is 0. The first-order valence-corrected chi connectivity index (χ1v) is 0.757. The van der Waals surface area contributed by atoms with Crippen molar-refractivity contribution in [2.24, 2.45) is 0 Å². The van der Waals surface area contributed by atoms with Crippen molar-refractivity contribution in [2.45, 2.75) is 13.2 Å². The van der Waals surface area contributed by atoms with Crippen molar-refractivity contribution in [3.8, 4) is 0 Å².